The molecule has 0 radical (unpaired) electrons. The third kappa shape index (κ3) is 13.4. The highest BCUT2D eigenvalue weighted by molar-refractivity contribution is 6.75. The average Bonchev–Trinajstić information content (AvgIpc) is 1.89. The van der Waals surface area contributed by atoms with Gasteiger partial charge in [-0.05, 0) is 53.6 Å². The van der Waals surface area contributed by atoms with Crippen molar-refractivity contribution in [2.45, 2.75) is 52.6 Å². The first-order valence-corrected chi connectivity index (χ1v) is 12.7. The zero-order chi connectivity index (χ0) is 9.49. The Labute approximate surface area is 78.0 Å². The van der Waals surface area contributed by atoms with E-state index >= 15 is 0 Å². The molecule has 11 heavy (non-hydrogen) atoms. The SMILES string of the molecule is CCC(C)NC(C)(C)C.[SiH3][SiH3]. The van der Waals surface area contributed by atoms with Gasteiger partial charge in [-0.2, -0.15) is 0 Å². The fraction of sp³-hybridized carbons (Fsp3) is 1.00. The monoisotopic (exact) mass is 191 g/mol. The first-order chi connectivity index (χ1) is 4.95. The lowest BCUT2D eigenvalue weighted by Crippen LogP contribution is -2.41. The summed E-state index contributed by atoms with van der Waals surface area (Å²) in [4.78, 5) is 0. The molecule has 1 unspecified atom stereocenters. The van der Waals surface area contributed by atoms with Crippen molar-refractivity contribution in [3.05, 3.63) is 0 Å². The van der Waals surface area contributed by atoms with Crippen LogP contribution in [0.3, 0.4) is 0 Å². The maximum absolute atomic E-state index is 3.47. The Morgan fingerprint density at radius 3 is 1.73 bits per heavy atom. The second-order valence-electron chi connectivity index (χ2n) is 3.70. The lowest BCUT2D eigenvalue weighted by Gasteiger charge is -2.25. The van der Waals surface area contributed by atoms with Gasteiger partial charge in [0.25, 0.3) is 0 Å². The molecule has 70 valence electrons. The second-order valence-corrected chi connectivity index (χ2v) is 3.70. The van der Waals surface area contributed by atoms with E-state index in [0.717, 1.165) is 0 Å². The lowest BCUT2D eigenvalue weighted by atomic mass is 10.1. The smallest absolute Gasteiger partial charge is 0.00989 e. The predicted octanol–water partition coefficient (Wildman–Crippen LogP) is -0.195. The highest BCUT2D eigenvalue weighted by Crippen LogP contribution is 2.02. The van der Waals surface area contributed by atoms with Crippen molar-refractivity contribution in [2.24, 2.45) is 0 Å². The van der Waals surface area contributed by atoms with Gasteiger partial charge in [0.2, 0.25) is 0 Å². The van der Waals surface area contributed by atoms with Gasteiger partial charge < -0.3 is 5.32 Å². The lowest BCUT2D eigenvalue weighted by molar-refractivity contribution is 0.367. The normalized spacial score (nSPS) is 13.9. The first-order valence-electron chi connectivity index (χ1n) is 4.73. The molecule has 0 heterocycles. The van der Waals surface area contributed by atoms with E-state index in [9.17, 15) is 0 Å². The molecule has 1 N–H and O–H groups in total. The average molecular weight is 191 g/mol. The molecular formula is C8H25NSi2. The topological polar surface area (TPSA) is 12.0 Å². The summed E-state index contributed by atoms with van der Waals surface area (Å²) in [6.07, 6.45) is 1.21. The van der Waals surface area contributed by atoms with Gasteiger partial charge in [-0.3, -0.25) is 0 Å². The molecule has 1 nitrogen and oxygen atoms in total. The Morgan fingerprint density at radius 1 is 1.27 bits per heavy atom. The Hall–Kier alpha value is 0.394. The molecule has 0 aromatic rings. The molecule has 0 aliphatic heterocycles. The summed E-state index contributed by atoms with van der Waals surface area (Å²) < 4.78 is 0. The van der Waals surface area contributed by atoms with Gasteiger partial charge in [-0.1, -0.05) is 6.92 Å². The van der Waals surface area contributed by atoms with E-state index in [1.807, 2.05) is 0 Å². The highest BCUT2D eigenvalue weighted by atomic mass is 29.1. The molecule has 0 amide bonds. The molecule has 1 atom stereocenters. The van der Waals surface area contributed by atoms with Crippen LogP contribution in [-0.4, -0.2) is 31.1 Å². The molecule has 0 aromatic carbocycles. The Balaban J connectivity index is 0. The van der Waals surface area contributed by atoms with Crippen LogP contribution < -0.4 is 5.32 Å². The standard InChI is InChI=1S/C8H19N.H6Si2/c1-6-7(2)9-8(3,4)5;1-2/h7,9H,6H2,1-5H3;1-2H3. The van der Waals surface area contributed by atoms with Crippen molar-refractivity contribution >= 4 is 19.5 Å². The quantitative estimate of drug-likeness (QED) is 0.597. The van der Waals surface area contributed by atoms with E-state index in [1.165, 1.54) is 25.9 Å². The van der Waals surface area contributed by atoms with Gasteiger partial charge in [-0.15, -0.1) is 0 Å². The molecule has 0 aliphatic rings. The van der Waals surface area contributed by atoms with E-state index in [-0.39, 0.29) is 5.54 Å². The summed E-state index contributed by atoms with van der Waals surface area (Å²) in [5.41, 5.74) is 0.273. The molecule has 0 aromatic heterocycles. The van der Waals surface area contributed by atoms with Crippen LogP contribution in [0.15, 0.2) is 0 Å². The van der Waals surface area contributed by atoms with Crippen LogP contribution in [0, 0.1) is 0 Å². The Morgan fingerprint density at radius 2 is 1.64 bits per heavy atom. The van der Waals surface area contributed by atoms with Gasteiger partial charge >= 0.3 is 0 Å². The van der Waals surface area contributed by atoms with Crippen LogP contribution in [0.1, 0.15) is 41.0 Å². The summed E-state index contributed by atoms with van der Waals surface area (Å²) in [5.74, 6) is 0. The third-order valence-corrected chi connectivity index (χ3v) is 1.29. The van der Waals surface area contributed by atoms with E-state index in [2.05, 4.69) is 39.9 Å². The summed E-state index contributed by atoms with van der Waals surface area (Å²) in [7, 11) is 2.89. The largest absolute Gasteiger partial charge is 0.310 e. The maximum Gasteiger partial charge on any atom is 0.00989 e. The van der Waals surface area contributed by atoms with E-state index in [0.29, 0.717) is 6.04 Å². The van der Waals surface area contributed by atoms with Gasteiger partial charge in [-0.25, -0.2) is 0 Å². The summed E-state index contributed by atoms with van der Waals surface area (Å²) in [6.45, 7) is 11.0. The molecule has 0 saturated carbocycles. The molecule has 0 saturated heterocycles. The molecule has 0 bridgehead atoms. The van der Waals surface area contributed by atoms with Crippen molar-refractivity contribution in [3.8, 4) is 0 Å². The summed E-state index contributed by atoms with van der Waals surface area (Å²) >= 11 is 0. The van der Waals surface area contributed by atoms with Crippen LogP contribution in [0.4, 0.5) is 0 Å². The van der Waals surface area contributed by atoms with Crippen molar-refractivity contribution in [2.75, 3.05) is 0 Å². The first kappa shape index (κ1) is 13.9. The number of hydrogen-bond acceptors (Lipinski definition) is 1. The summed E-state index contributed by atoms with van der Waals surface area (Å²) in [6, 6.07) is 0.644. The predicted molar refractivity (Wildman–Crippen MR) is 62.5 cm³/mol. The van der Waals surface area contributed by atoms with Crippen molar-refractivity contribution in [1.29, 1.82) is 0 Å². The highest BCUT2D eigenvalue weighted by Gasteiger charge is 2.10. The maximum atomic E-state index is 3.47. The minimum atomic E-state index is 0.273. The van der Waals surface area contributed by atoms with E-state index < -0.39 is 0 Å². The van der Waals surface area contributed by atoms with Crippen LogP contribution in [0.5, 0.6) is 0 Å². The van der Waals surface area contributed by atoms with E-state index in [4.69, 9.17) is 0 Å². The van der Waals surface area contributed by atoms with Gasteiger partial charge in [0.15, 0.2) is 0 Å². The van der Waals surface area contributed by atoms with Crippen molar-refractivity contribution in [1.82, 2.24) is 5.32 Å². The molecule has 3 heteroatoms. The van der Waals surface area contributed by atoms with Gasteiger partial charge in [0.05, 0.1) is 0 Å². The number of rotatable bonds is 2. The Bertz CT molecular complexity index is 78.7. The summed E-state index contributed by atoms with van der Waals surface area (Å²) in [5, 5.41) is 3.47. The molecule has 0 spiro atoms. The zero-order valence-electron chi connectivity index (χ0n) is 9.28. The fourth-order valence-electron chi connectivity index (χ4n) is 0.841. The van der Waals surface area contributed by atoms with Crippen LogP contribution in [0.2, 0.25) is 0 Å². The third-order valence-electron chi connectivity index (χ3n) is 1.29. The van der Waals surface area contributed by atoms with Crippen LogP contribution >= 0.6 is 0 Å². The zero-order valence-corrected chi connectivity index (χ0v) is 13.3. The van der Waals surface area contributed by atoms with Crippen molar-refractivity contribution < 1.29 is 0 Å². The molecular weight excluding hydrogens is 166 g/mol. The number of nitrogens with one attached hydrogen (secondary N) is 1. The number of hydrogen-bond donors (Lipinski definition) is 1. The minimum absolute atomic E-state index is 0.273. The van der Waals surface area contributed by atoms with Gasteiger partial charge in [0, 0.05) is 11.6 Å². The van der Waals surface area contributed by atoms with E-state index in [1.54, 1.807) is 0 Å². The minimum Gasteiger partial charge on any atom is -0.310 e. The Kier molecular flexibility index (Phi) is 8.96. The van der Waals surface area contributed by atoms with Crippen molar-refractivity contribution in [3.63, 3.8) is 0 Å². The second kappa shape index (κ2) is 7.07. The van der Waals surface area contributed by atoms with Crippen LogP contribution in [-0.2, 0) is 0 Å². The fourth-order valence-corrected chi connectivity index (χ4v) is 0.841. The molecule has 0 fully saturated rings. The molecule has 0 rings (SSSR count). The molecule has 0 aliphatic carbocycles. The van der Waals surface area contributed by atoms with Crippen LogP contribution in [0.25, 0.3) is 0 Å². The van der Waals surface area contributed by atoms with Gasteiger partial charge in [0.1, 0.15) is 0 Å².